The Morgan fingerprint density at radius 2 is 1.69 bits per heavy atom. The minimum Gasteiger partial charge on any atom is -0.478 e. The second-order valence-electron chi connectivity index (χ2n) is 6.07. The molecule has 0 aliphatic heterocycles. The van der Waals surface area contributed by atoms with Gasteiger partial charge in [-0.1, -0.05) is 29.3 Å². The van der Waals surface area contributed by atoms with Gasteiger partial charge in [0, 0.05) is 24.2 Å². The summed E-state index contributed by atoms with van der Waals surface area (Å²) in [5.74, 6) is -2.05. The lowest BCUT2D eigenvalue weighted by molar-refractivity contribution is 0.0695. The number of hydrogen-bond donors (Lipinski definition) is 1. The third-order valence-corrected chi connectivity index (χ3v) is 4.88. The first-order valence-corrected chi connectivity index (χ1v) is 8.97. The quantitative estimate of drug-likeness (QED) is 0.472. The number of aromatic nitrogens is 3. The van der Waals surface area contributed by atoms with Crippen molar-refractivity contribution in [3.63, 3.8) is 0 Å². The third kappa shape index (κ3) is 3.35. The highest BCUT2D eigenvalue weighted by molar-refractivity contribution is 6.41. The number of aromatic carboxylic acids is 1. The van der Waals surface area contributed by atoms with Crippen LogP contribution in [0.4, 0.5) is 4.39 Å². The van der Waals surface area contributed by atoms with Crippen LogP contribution in [0.1, 0.15) is 26.4 Å². The Morgan fingerprint density at radius 1 is 1.03 bits per heavy atom. The van der Waals surface area contributed by atoms with Crippen LogP contribution in [0.5, 0.6) is 0 Å². The molecule has 29 heavy (non-hydrogen) atoms. The summed E-state index contributed by atoms with van der Waals surface area (Å²) < 4.78 is 15.1. The van der Waals surface area contributed by atoms with Gasteiger partial charge in [-0.25, -0.2) is 19.2 Å². The number of carbonyl (C=O) groups excluding carboxylic acids is 1. The molecule has 3 heterocycles. The van der Waals surface area contributed by atoms with Crippen molar-refractivity contribution in [2.75, 3.05) is 0 Å². The molecule has 0 saturated heterocycles. The molecule has 1 aromatic carbocycles. The highest BCUT2D eigenvalue weighted by atomic mass is 35.5. The molecule has 4 rings (SSSR count). The van der Waals surface area contributed by atoms with Crippen molar-refractivity contribution >= 4 is 40.5 Å². The minimum absolute atomic E-state index is 0.0216. The van der Waals surface area contributed by atoms with Crippen LogP contribution in [0, 0.1) is 5.82 Å². The van der Waals surface area contributed by atoms with Gasteiger partial charge < -0.3 is 9.51 Å². The maximum Gasteiger partial charge on any atom is 0.338 e. The molecule has 3 aromatic heterocycles. The van der Waals surface area contributed by atoms with Gasteiger partial charge in [0.25, 0.3) is 0 Å². The second-order valence-corrected chi connectivity index (χ2v) is 6.89. The van der Waals surface area contributed by atoms with Crippen LogP contribution in [-0.4, -0.2) is 31.2 Å². The molecule has 0 fully saturated rings. The lowest BCUT2D eigenvalue weighted by atomic mass is 10.1. The summed E-state index contributed by atoms with van der Waals surface area (Å²) in [5, 5.41) is 8.81. The molecule has 0 unspecified atom stereocenters. The first-order chi connectivity index (χ1) is 13.9. The van der Waals surface area contributed by atoms with Crippen molar-refractivity contribution in [2.24, 2.45) is 0 Å². The summed E-state index contributed by atoms with van der Waals surface area (Å²) in [4.78, 5) is 32.4. The number of hydrogen-bond acceptors (Lipinski definition) is 4. The van der Waals surface area contributed by atoms with E-state index >= 15 is 0 Å². The summed E-state index contributed by atoms with van der Waals surface area (Å²) in [6, 6.07) is 8.86. The van der Waals surface area contributed by atoms with Gasteiger partial charge >= 0.3 is 5.97 Å². The van der Waals surface area contributed by atoms with Crippen molar-refractivity contribution in [3.8, 4) is 11.4 Å². The molecule has 0 amide bonds. The van der Waals surface area contributed by atoms with E-state index in [9.17, 15) is 14.0 Å². The summed E-state index contributed by atoms with van der Waals surface area (Å²) in [6.45, 7) is 0. The fourth-order valence-corrected chi connectivity index (χ4v) is 3.60. The molecule has 0 bridgehead atoms. The molecule has 0 atom stereocenters. The zero-order valence-corrected chi connectivity index (χ0v) is 15.9. The molecule has 0 saturated carbocycles. The molecule has 144 valence electrons. The standard InChI is InChI=1S/C20H10Cl2FN3O3/c21-13-5-11(23)6-14(22)17(13)18(27)16-7-12(15-3-1-2-4-26(15)16)19-24-8-10(9-25-19)20(28)29/h1-9H,(H,28,29). The van der Waals surface area contributed by atoms with E-state index in [1.54, 1.807) is 34.9 Å². The summed E-state index contributed by atoms with van der Waals surface area (Å²) in [6.07, 6.45) is 4.04. The summed E-state index contributed by atoms with van der Waals surface area (Å²) in [5.41, 5.74) is 1.27. The number of carbonyl (C=O) groups is 2. The molecule has 9 heteroatoms. The van der Waals surface area contributed by atoms with Crippen LogP contribution in [-0.2, 0) is 0 Å². The van der Waals surface area contributed by atoms with Crippen molar-refractivity contribution in [1.29, 1.82) is 0 Å². The Kier molecular flexibility index (Phi) is 4.77. The van der Waals surface area contributed by atoms with Gasteiger partial charge in [-0.3, -0.25) is 4.79 Å². The largest absolute Gasteiger partial charge is 0.478 e. The molecule has 1 N–H and O–H groups in total. The predicted molar refractivity (Wildman–Crippen MR) is 105 cm³/mol. The highest BCUT2D eigenvalue weighted by Crippen LogP contribution is 2.32. The first-order valence-electron chi connectivity index (χ1n) is 8.22. The van der Waals surface area contributed by atoms with E-state index in [0.29, 0.717) is 11.1 Å². The number of halogens is 3. The lowest BCUT2D eigenvalue weighted by Gasteiger charge is -2.07. The van der Waals surface area contributed by atoms with E-state index in [0.717, 1.165) is 12.1 Å². The topological polar surface area (TPSA) is 84.6 Å². The number of rotatable bonds is 4. The SMILES string of the molecule is O=C(O)c1cnc(-c2cc(C(=O)c3c(Cl)cc(F)cc3Cl)n3ccccc23)nc1. The number of fused-ring (bicyclic) bond motifs is 1. The molecule has 0 spiro atoms. The zero-order chi connectivity index (χ0) is 20.7. The molecule has 6 nitrogen and oxygen atoms in total. The Bertz CT molecular complexity index is 1260. The van der Waals surface area contributed by atoms with Gasteiger partial charge in [-0.2, -0.15) is 0 Å². The Morgan fingerprint density at radius 3 is 2.31 bits per heavy atom. The average Bonchev–Trinajstić information content (AvgIpc) is 3.07. The summed E-state index contributed by atoms with van der Waals surface area (Å²) in [7, 11) is 0. The predicted octanol–water partition coefficient (Wildman–Crippen LogP) is 4.77. The number of carboxylic acid groups (broad SMARTS) is 1. The molecular weight excluding hydrogens is 420 g/mol. The monoisotopic (exact) mass is 429 g/mol. The highest BCUT2D eigenvalue weighted by Gasteiger charge is 2.23. The number of pyridine rings is 1. The van der Waals surface area contributed by atoms with Gasteiger partial charge in [0.05, 0.1) is 32.4 Å². The van der Waals surface area contributed by atoms with E-state index in [4.69, 9.17) is 28.3 Å². The normalized spacial score (nSPS) is 11.0. The fourth-order valence-electron chi connectivity index (χ4n) is 2.97. The molecule has 0 aliphatic carbocycles. The first kappa shape index (κ1) is 19.0. The number of nitrogens with zero attached hydrogens (tertiary/aromatic N) is 3. The van der Waals surface area contributed by atoms with Gasteiger partial charge in [0.1, 0.15) is 5.82 Å². The zero-order valence-electron chi connectivity index (χ0n) is 14.4. The van der Waals surface area contributed by atoms with E-state index < -0.39 is 17.6 Å². The Labute approximate surface area is 173 Å². The van der Waals surface area contributed by atoms with Crippen molar-refractivity contribution in [2.45, 2.75) is 0 Å². The van der Waals surface area contributed by atoms with Crippen LogP contribution in [0.2, 0.25) is 10.0 Å². The van der Waals surface area contributed by atoms with Crippen molar-refractivity contribution < 1.29 is 19.1 Å². The molecule has 0 radical (unpaired) electrons. The third-order valence-electron chi connectivity index (χ3n) is 4.28. The lowest BCUT2D eigenvalue weighted by Crippen LogP contribution is -2.07. The molecular formula is C20H10Cl2FN3O3. The Balaban J connectivity index is 1.89. The average molecular weight is 430 g/mol. The molecule has 0 aliphatic rings. The van der Waals surface area contributed by atoms with Crippen molar-refractivity contribution in [1.82, 2.24) is 14.4 Å². The van der Waals surface area contributed by atoms with E-state index in [1.165, 1.54) is 12.4 Å². The van der Waals surface area contributed by atoms with Crippen molar-refractivity contribution in [3.05, 3.63) is 87.7 Å². The van der Waals surface area contributed by atoms with E-state index in [2.05, 4.69) is 9.97 Å². The van der Waals surface area contributed by atoms with Crippen LogP contribution in [0.25, 0.3) is 16.9 Å². The van der Waals surface area contributed by atoms with Gasteiger partial charge in [-0.05, 0) is 30.3 Å². The Hall–Kier alpha value is -3.29. The maximum absolute atomic E-state index is 13.5. The number of carboxylic acids is 1. The van der Waals surface area contributed by atoms with Gasteiger partial charge in [-0.15, -0.1) is 0 Å². The number of ketones is 1. The maximum atomic E-state index is 13.5. The van der Waals surface area contributed by atoms with Gasteiger partial charge in [0.15, 0.2) is 5.82 Å². The van der Waals surface area contributed by atoms with Crippen LogP contribution in [0.3, 0.4) is 0 Å². The smallest absolute Gasteiger partial charge is 0.338 e. The number of benzene rings is 1. The minimum atomic E-state index is -1.14. The van der Waals surface area contributed by atoms with Crippen LogP contribution < -0.4 is 0 Å². The fraction of sp³-hybridized carbons (Fsp3) is 0. The van der Waals surface area contributed by atoms with Crippen LogP contribution in [0.15, 0.2) is 55.0 Å². The second kappa shape index (κ2) is 7.27. The summed E-state index contributed by atoms with van der Waals surface area (Å²) >= 11 is 12.1. The molecule has 4 aromatic rings. The van der Waals surface area contributed by atoms with E-state index in [1.807, 2.05) is 0 Å². The van der Waals surface area contributed by atoms with Gasteiger partial charge in [0.2, 0.25) is 5.78 Å². The van der Waals surface area contributed by atoms with Crippen LogP contribution >= 0.6 is 23.2 Å². The van der Waals surface area contributed by atoms with E-state index in [-0.39, 0.29) is 32.7 Å².